The van der Waals surface area contributed by atoms with Gasteiger partial charge in [0, 0.05) is 25.5 Å². The molecule has 2 N–H and O–H groups in total. The Labute approximate surface area is 78.3 Å². The Morgan fingerprint density at radius 1 is 1.38 bits per heavy atom. The van der Waals surface area contributed by atoms with Gasteiger partial charge in [-0.2, -0.15) is 0 Å². The van der Waals surface area contributed by atoms with Crippen LogP contribution in [0.25, 0.3) is 0 Å². The van der Waals surface area contributed by atoms with Crippen LogP contribution in [0.4, 0.5) is 0 Å². The highest BCUT2D eigenvalue weighted by Crippen LogP contribution is 2.05. The van der Waals surface area contributed by atoms with E-state index in [0.29, 0.717) is 0 Å². The molecule has 0 radical (unpaired) electrons. The fraction of sp³-hybridized carbons (Fsp3) is 0.667. The zero-order valence-corrected chi connectivity index (χ0v) is 7.79. The standard InChI is InChI=1S/C9H16N4/c1-2-6-13(7-3-1)12-8-9-10-4-5-11-9/h4-5,12H,1-3,6-8H2,(H,10,11). The Morgan fingerprint density at radius 3 is 2.92 bits per heavy atom. The van der Waals surface area contributed by atoms with Crippen LogP contribution in [0.15, 0.2) is 12.4 Å². The molecule has 2 heterocycles. The van der Waals surface area contributed by atoms with Crippen LogP contribution in [-0.4, -0.2) is 28.1 Å². The van der Waals surface area contributed by atoms with Crippen LogP contribution in [0.1, 0.15) is 25.1 Å². The van der Waals surface area contributed by atoms with E-state index in [2.05, 4.69) is 20.4 Å². The number of aromatic nitrogens is 2. The topological polar surface area (TPSA) is 44.0 Å². The second kappa shape index (κ2) is 4.39. The third-order valence-electron chi connectivity index (χ3n) is 2.38. The number of H-pyrrole nitrogens is 1. The van der Waals surface area contributed by atoms with Crippen molar-refractivity contribution in [3.63, 3.8) is 0 Å². The van der Waals surface area contributed by atoms with Gasteiger partial charge >= 0.3 is 0 Å². The minimum absolute atomic E-state index is 0.812. The molecule has 1 aromatic rings. The van der Waals surface area contributed by atoms with Crippen molar-refractivity contribution in [3.05, 3.63) is 18.2 Å². The van der Waals surface area contributed by atoms with Gasteiger partial charge in [0.05, 0.1) is 6.54 Å². The predicted octanol–water partition coefficient (Wildman–Crippen LogP) is 0.900. The lowest BCUT2D eigenvalue weighted by atomic mass is 10.2. The molecule has 13 heavy (non-hydrogen) atoms. The van der Waals surface area contributed by atoms with Gasteiger partial charge in [-0.05, 0) is 12.8 Å². The lowest BCUT2D eigenvalue weighted by molar-refractivity contribution is 0.149. The molecule has 0 spiro atoms. The van der Waals surface area contributed by atoms with Crippen LogP contribution >= 0.6 is 0 Å². The molecule has 1 aliphatic heterocycles. The SMILES string of the molecule is c1c[nH]c(CNN2CCCCC2)n1. The summed E-state index contributed by atoms with van der Waals surface area (Å²) in [6.07, 6.45) is 7.63. The highest BCUT2D eigenvalue weighted by Gasteiger charge is 2.08. The van der Waals surface area contributed by atoms with Crippen LogP contribution in [-0.2, 0) is 6.54 Å². The summed E-state index contributed by atoms with van der Waals surface area (Å²) in [4.78, 5) is 7.23. The van der Waals surface area contributed by atoms with Crippen LogP contribution in [0.3, 0.4) is 0 Å². The van der Waals surface area contributed by atoms with Gasteiger partial charge in [0.15, 0.2) is 0 Å². The normalized spacial score (nSPS) is 19.1. The molecule has 0 unspecified atom stereocenters. The molecule has 4 heteroatoms. The second-order valence-corrected chi connectivity index (χ2v) is 3.42. The summed E-state index contributed by atoms with van der Waals surface area (Å²) in [6, 6.07) is 0. The molecular formula is C9H16N4. The summed E-state index contributed by atoms with van der Waals surface area (Å²) >= 11 is 0. The average Bonchev–Trinajstić information content (AvgIpc) is 2.69. The van der Waals surface area contributed by atoms with E-state index in [1.54, 1.807) is 6.20 Å². The number of aromatic amines is 1. The smallest absolute Gasteiger partial charge is 0.121 e. The molecule has 0 atom stereocenters. The van der Waals surface area contributed by atoms with Crippen LogP contribution in [0, 0.1) is 0 Å². The van der Waals surface area contributed by atoms with Gasteiger partial charge in [0.1, 0.15) is 5.82 Å². The molecule has 72 valence electrons. The van der Waals surface area contributed by atoms with Crippen LogP contribution in [0.2, 0.25) is 0 Å². The van der Waals surface area contributed by atoms with E-state index in [1.165, 1.54) is 32.4 Å². The molecular weight excluding hydrogens is 164 g/mol. The lowest BCUT2D eigenvalue weighted by Crippen LogP contribution is -2.41. The first kappa shape index (κ1) is 8.72. The molecule has 1 saturated heterocycles. The fourth-order valence-corrected chi connectivity index (χ4v) is 1.63. The Balaban J connectivity index is 1.72. The number of hydrazine groups is 1. The Kier molecular flexibility index (Phi) is 2.94. The molecule has 0 amide bonds. The van der Waals surface area contributed by atoms with E-state index in [4.69, 9.17) is 0 Å². The molecule has 0 aromatic carbocycles. The highest BCUT2D eigenvalue weighted by atomic mass is 15.5. The fourth-order valence-electron chi connectivity index (χ4n) is 1.63. The maximum atomic E-state index is 4.16. The molecule has 1 aromatic heterocycles. The average molecular weight is 180 g/mol. The maximum Gasteiger partial charge on any atom is 0.121 e. The van der Waals surface area contributed by atoms with E-state index >= 15 is 0 Å². The summed E-state index contributed by atoms with van der Waals surface area (Å²) in [7, 11) is 0. The summed E-state index contributed by atoms with van der Waals surface area (Å²) in [6.45, 7) is 3.15. The first-order valence-corrected chi connectivity index (χ1v) is 4.92. The molecule has 0 saturated carbocycles. The minimum atomic E-state index is 0.812. The zero-order chi connectivity index (χ0) is 8.93. The molecule has 2 rings (SSSR count). The van der Waals surface area contributed by atoms with Gasteiger partial charge < -0.3 is 4.98 Å². The van der Waals surface area contributed by atoms with Gasteiger partial charge in [-0.1, -0.05) is 6.42 Å². The van der Waals surface area contributed by atoms with E-state index in [9.17, 15) is 0 Å². The molecule has 0 bridgehead atoms. The van der Waals surface area contributed by atoms with Crippen LogP contribution < -0.4 is 5.43 Å². The van der Waals surface area contributed by atoms with Crippen molar-refractivity contribution in [1.82, 2.24) is 20.4 Å². The van der Waals surface area contributed by atoms with Crippen molar-refractivity contribution in [3.8, 4) is 0 Å². The lowest BCUT2D eigenvalue weighted by Gasteiger charge is -2.26. The molecule has 0 aliphatic carbocycles. The number of imidazole rings is 1. The summed E-state index contributed by atoms with van der Waals surface area (Å²) < 4.78 is 0. The van der Waals surface area contributed by atoms with Gasteiger partial charge in [-0.25, -0.2) is 15.4 Å². The molecule has 1 aliphatic rings. The third kappa shape index (κ3) is 2.54. The summed E-state index contributed by atoms with van der Waals surface area (Å²) in [5.74, 6) is 1.01. The zero-order valence-electron chi connectivity index (χ0n) is 7.79. The number of nitrogens with one attached hydrogen (secondary N) is 2. The number of hydrogen-bond donors (Lipinski definition) is 2. The summed E-state index contributed by atoms with van der Waals surface area (Å²) in [5, 5.41) is 2.28. The first-order chi connectivity index (χ1) is 6.45. The van der Waals surface area contributed by atoms with Crippen LogP contribution in [0.5, 0.6) is 0 Å². The van der Waals surface area contributed by atoms with E-state index in [-0.39, 0.29) is 0 Å². The summed E-state index contributed by atoms with van der Waals surface area (Å²) in [5.41, 5.74) is 3.36. The predicted molar refractivity (Wildman–Crippen MR) is 50.9 cm³/mol. The minimum Gasteiger partial charge on any atom is -0.347 e. The van der Waals surface area contributed by atoms with Crippen molar-refractivity contribution in [2.24, 2.45) is 0 Å². The van der Waals surface area contributed by atoms with Crippen molar-refractivity contribution in [2.45, 2.75) is 25.8 Å². The quantitative estimate of drug-likeness (QED) is 0.726. The number of piperidine rings is 1. The third-order valence-corrected chi connectivity index (χ3v) is 2.38. The van der Waals surface area contributed by atoms with Gasteiger partial charge in [0.25, 0.3) is 0 Å². The van der Waals surface area contributed by atoms with Gasteiger partial charge in [-0.3, -0.25) is 0 Å². The maximum absolute atomic E-state index is 4.16. The Bertz CT molecular complexity index is 226. The van der Waals surface area contributed by atoms with Crippen molar-refractivity contribution in [2.75, 3.05) is 13.1 Å². The molecule has 4 nitrogen and oxygen atoms in total. The number of hydrogen-bond acceptors (Lipinski definition) is 3. The van der Waals surface area contributed by atoms with Gasteiger partial charge in [0.2, 0.25) is 0 Å². The van der Waals surface area contributed by atoms with Crippen molar-refractivity contribution in [1.29, 1.82) is 0 Å². The largest absolute Gasteiger partial charge is 0.347 e. The van der Waals surface area contributed by atoms with Gasteiger partial charge in [-0.15, -0.1) is 0 Å². The monoisotopic (exact) mass is 180 g/mol. The van der Waals surface area contributed by atoms with Crippen molar-refractivity contribution >= 4 is 0 Å². The second-order valence-electron chi connectivity index (χ2n) is 3.42. The molecule has 1 fully saturated rings. The number of rotatable bonds is 3. The van der Waals surface area contributed by atoms with E-state index in [1.807, 2.05) is 6.20 Å². The Morgan fingerprint density at radius 2 is 2.23 bits per heavy atom. The highest BCUT2D eigenvalue weighted by molar-refractivity contribution is 4.85. The number of nitrogens with zero attached hydrogens (tertiary/aromatic N) is 2. The first-order valence-electron chi connectivity index (χ1n) is 4.92. The Hall–Kier alpha value is -0.870. The van der Waals surface area contributed by atoms with E-state index in [0.717, 1.165) is 12.4 Å². The van der Waals surface area contributed by atoms with E-state index < -0.39 is 0 Å². The van der Waals surface area contributed by atoms with Crippen molar-refractivity contribution < 1.29 is 0 Å².